The molecular weight excluding hydrogens is 428 g/mol. The minimum atomic E-state index is -4.69. The highest BCUT2D eigenvalue weighted by Gasteiger charge is 2.21. The lowest BCUT2D eigenvalue weighted by atomic mass is 10.2. The lowest BCUT2D eigenvalue weighted by Crippen LogP contribution is -2.58. The number of ether oxygens (including phenoxy) is 2. The molecule has 1 aliphatic heterocycles. The van der Waals surface area contributed by atoms with Crippen LogP contribution < -0.4 is 14.0 Å². The molecule has 2 aromatic carbocycles. The summed E-state index contributed by atoms with van der Waals surface area (Å²) in [6.07, 6.45) is -0.190. The van der Waals surface area contributed by atoms with Crippen molar-refractivity contribution in [2.75, 3.05) is 32.8 Å². The molecule has 0 radical (unpaired) electrons. The molecule has 1 N–H and O–H groups in total. The molecule has 2 heterocycles. The minimum Gasteiger partial charge on any atom is -0.459 e. The first-order chi connectivity index (χ1) is 14.7. The molecule has 1 fully saturated rings. The zero-order valence-electron chi connectivity index (χ0n) is 17.1. The van der Waals surface area contributed by atoms with E-state index in [1.165, 1.54) is 28.7 Å². The molecule has 9 nitrogen and oxygen atoms in total. The summed E-state index contributed by atoms with van der Waals surface area (Å²) in [6.45, 7) is 6.09. The van der Waals surface area contributed by atoms with E-state index in [4.69, 9.17) is 28.1 Å². The molecule has 31 heavy (non-hydrogen) atoms. The van der Waals surface area contributed by atoms with Crippen LogP contribution in [0.4, 0.5) is 0 Å². The number of carbonyl (C=O) groups is 1. The Morgan fingerprint density at radius 2 is 1.52 bits per heavy atom. The number of halogens is 1. The molecule has 1 aromatic heterocycles. The SMILES string of the molecule is CC(=O)OC(CN1CCOCC1)Cn1c2ccccc2c2ccccc21.[O-][Cl+3]([O-])([O-])O. The van der Waals surface area contributed by atoms with Crippen LogP contribution in [0, 0.1) is 10.2 Å². The third-order valence-corrected chi connectivity index (χ3v) is 4.96. The molecule has 0 saturated carbocycles. The predicted molar refractivity (Wildman–Crippen MR) is 104 cm³/mol. The Hall–Kier alpha value is -2.24. The molecular formula is C21H25ClN2O7. The van der Waals surface area contributed by atoms with Crippen LogP contribution in [-0.4, -0.2) is 59.0 Å². The molecule has 168 valence electrons. The van der Waals surface area contributed by atoms with E-state index in [0.29, 0.717) is 6.54 Å². The average Bonchev–Trinajstić information content (AvgIpc) is 3.01. The van der Waals surface area contributed by atoms with Crippen LogP contribution in [0.5, 0.6) is 0 Å². The summed E-state index contributed by atoms with van der Waals surface area (Å²) in [4.78, 5) is 14.0. The second-order valence-corrected chi connectivity index (χ2v) is 7.98. The number of benzene rings is 2. The predicted octanol–water partition coefficient (Wildman–Crippen LogP) is -1.07. The standard InChI is InChI=1S/C21H24N2O3.ClHO4/c1-16(24)26-17(14-22-10-12-25-13-11-22)15-23-20-8-4-2-6-18(20)19-7-3-5-9-21(19)23;2-1(3,4)5/h2-9,17H,10-15H2,1H3;(H,2,3,4,5). The van der Waals surface area contributed by atoms with Gasteiger partial charge in [0.15, 0.2) is 0 Å². The van der Waals surface area contributed by atoms with Crippen molar-refractivity contribution in [3.63, 3.8) is 0 Å². The average molecular weight is 453 g/mol. The van der Waals surface area contributed by atoms with Gasteiger partial charge in [0.05, 0.1) is 34.7 Å². The Kier molecular flexibility index (Phi) is 7.84. The first-order valence-electron chi connectivity index (χ1n) is 9.79. The van der Waals surface area contributed by atoms with Crippen LogP contribution in [0.15, 0.2) is 48.5 Å². The second-order valence-electron chi connectivity index (χ2n) is 7.19. The fourth-order valence-corrected chi connectivity index (χ4v) is 3.84. The molecule has 1 aliphatic rings. The first-order valence-corrected chi connectivity index (χ1v) is 11.1. The van der Waals surface area contributed by atoms with Crippen LogP contribution in [0.2, 0.25) is 0 Å². The van der Waals surface area contributed by atoms with Gasteiger partial charge < -0.3 is 14.0 Å². The number of nitrogens with zero attached hydrogens (tertiary/aromatic N) is 2. The number of fused-ring (bicyclic) bond motifs is 3. The van der Waals surface area contributed by atoms with Gasteiger partial charge in [-0.25, -0.2) is 0 Å². The number of carbonyl (C=O) groups excluding carboxylic acids is 1. The monoisotopic (exact) mass is 452 g/mol. The van der Waals surface area contributed by atoms with Crippen molar-refractivity contribution in [3.8, 4) is 0 Å². The Balaban J connectivity index is 0.000000491. The van der Waals surface area contributed by atoms with E-state index in [2.05, 4.69) is 58.0 Å². The van der Waals surface area contributed by atoms with Crippen molar-refractivity contribution in [3.05, 3.63) is 48.5 Å². The van der Waals surface area contributed by atoms with E-state index in [1.807, 2.05) is 0 Å². The topological polar surface area (TPSA) is 133 Å². The smallest absolute Gasteiger partial charge is 0.303 e. The molecule has 0 aliphatic carbocycles. The molecule has 10 heteroatoms. The number of hydrogen-bond acceptors (Lipinski definition) is 8. The van der Waals surface area contributed by atoms with Crippen molar-refractivity contribution >= 4 is 27.8 Å². The minimum absolute atomic E-state index is 0.190. The largest absolute Gasteiger partial charge is 0.459 e. The van der Waals surface area contributed by atoms with Crippen LogP contribution in [0.25, 0.3) is 21.8 Å². The summed E-state index contributed by atoms with van der Waals surface area (Å²) in [5.41, 5.74) is 2.35. The summed E-state index contributed by atoms with van der Waals surface area (Å²) < 4.78 is 46.1. The first kappa shape index (κ1) is 23.4. The molecule has 1 unspecified atom stereocenters. The summed E-state index contributed by atoms with van der Waals surface area (Å²) in [5, 5.41) is 2.46. The molecule has 0 amide bonds. The number of rotatable bonds is 5. The maximum absolute atomic E-state index is 11.7. The molecule has 1 saturated heterocycles. The number of morpholine rings is 1. The van der Waals surface area contributed by atoms with Gasteiger partial charge in [-0.15, -0.1) is 0 Å². The van der Waals surface area contributed by atoms with Gasteiger partial charge in [-0.2, -0.15) is 14.0 Å². The van der Waals surface area contributed by atoms with Gasteiger partial charge in [-0.05, 0) is 12.1 Å². The summed E-state index contributed by atoms with van der Waals surface area (Å²) in [6, 6.07) is 16.8. The van der Waals surface area contributed by atoms with Crippen molar-refractivity contribution in [1.29, 1.82) is 0 Å². The summed E-state index contributed by atoms with van der Waals surface area (Å²) >= 11 is 0. The fourth-order valence-electron chi connectivity index (χ4n) is 3.84. The van der Waals surface area contributed by atoms with Crippen LogP contribution in [-0.2, 0) is 20.8 Å². The third-order valence-electron chi connectivity index (χ3n) is 4.96. The number of para-hydroxylation sites is 2. The van der Waals surface area contributed by atoms with Gasteiger partial charge >= 0.3 is 5.97 Å². The number of aromatic nitrogens is 1. The van der Waals surface area contributed by atoms with Gasteiger partial charge in [-0.3, -0.25) is 9.69 Å². The van der Waals surface area contributed by atoms with Crippen LogP contribution in [0.3, 0.4) is 0 Å². The van der Waals surface area contributed by atoms with Gasteiger partial charge in [0, 0.05) is 48.4 Å². The number of esters is 1. The quantitative estimate of drug-likeness (QED) is 0.484. The van der Waals surface area contributed by atoms with Crippen LogP contribution >= 0.6 is 0 Å². The maximum Gasteiger partial charge on any atom is 0.303 e. The lowest BCUT2D eigenvalue weighted by Gasteiger charge is -2.30. The van der Waals surface area contributed by atoms with E-state index in [0.717, 1.165) is 32.8 Å². The van der Waals surface area contributed by atoms with Crippen molar-refractivity contribution < 1.29 is 43.1 Å². The zero-order chi connectivity index (χ0) is 22.4. The Labute approximate surface area is 181 Å². The van der Waals surface area contributed by atoms with E-state index < -0.39 is 10.2 Å². The Bertz CT molecular complexity index is 953. The normalized spacial score (nSPS) is 16.0. The van der Waals surface area contributed by atoms with Gasteiger partial charge in [0.1, 0.15) is 6.10 Å². The van der Waals surface area contributed by atoms with Crippen molar-refractivity contribution in [2.45, 2.75) is 19.6 Å². The maximum atomic E-state index is 11.7. The highest BCUT2D eigenvalue weighted by molar-refractivity contribution is 6.07. The van der Waals surface area contributed by atoms with E-state index in [-0.39, 0.29) is 12.1 Å². The van der Waals surface area contributed by atoms with Crippen molar-refractivity contribution in [1.82, 2.24) is 9.47 Å². The van der Waals surface area contributed by atoms with E-state index in [9.17, 15) is 4.79 Å². The van der Waals surface area contributed by atoms with Gasteiger partial charge in [0.2, 0.25) is 0 Å². The molecule has 3 aromatic rings. The van der Waals surface area contributed by atoms with E-state index >= 15 is 0 Å². The molecule has 1 atom stereocenters. The Morgan fingerprint density at radius 3 is 2.00 bits per heavy atom. The summed E-state index contributed by atoms with van der Waals surface area (Å²) in [7, 11) is -4.69. The van der Waals surface area contributed by atoms with Crippen LogP contribution in [0.1, 0.15) is 6.92 Å². The third kappa shape index (κ3) is 6.88. The molecule has 4 rings (SSSR count). The highest BCUT2D eigenvalue weighted by Crippen LogP contribution is 2.29. The fraction of sp³-hybridized carbons (Fsp3) is 0.381. The van der Waals surface area contributed by atoms with Crippen molar-refractivity contribution in [2.24, 2.45) is 0 Å². The second kappa shape index (κ2) is 10.4. The summed E-state index contributed by atoms with van der Waals surface area (Å²) in [5.74, 6) is -0.232. The molecule has 0 spiro atoms. The van der Waals surface area contributed by atoms with E-state index in [1.54, 1.807) is 0 Å². The van der Waals surface area contributed by atoms with Gasteiger partial charge in [0.25, 0.3) is 0 Å². The van der Waals surface area contributed by atoms with Gasteiger partial charge in [-0.1, -0.05) is 36.4 Å². The lowest BCUT2D eigenvalue weighted by molar-refractivity contribution is -1.92. The number of hydrogen-bond donors (Lipinski definition) is 1. The molecule has 0 bridgehead atoms. The highest BCUT2D eigenvalue weighted by atomic mass is 35.7. The Morgan fingerprint density at radius 1 is 1.03 bits per heavy atom. The zero-order valence-corrected chi connectivity index (χ0v) is 17.9.